The van der Waals surface area contributed by atoms with Crippen LogP contribution in [-0.4, -0.2) is 19.5 Å². The molecule has 1 aliphatic rings. The normalized spacial score (nSPS) is 17.0. The number of hydrogen-bond acceptors (Lipinski definition) is 4. The van der Waals surface area contributed by atoms with Crippen molar-refractivity contribution in [1.82, 2.24) is 0 Å². The highest BCUT2D eigenvalue weighted by Gasteiger charge is 2.34. The molecule has 4 nitrogen and oxygen atoms in total. The summed E-state index contributed by atoms with van der Waals surface area (Å²) < 4.78 is 55.9. The van der Waals surface area contributed by atoms with Crippen molar-refractivity contribution in [2.24, 2.45) is 0 Å². The molecule has 0 N–H and O–H groups in total. The number of rotatable bonds is 6. The van der Waals surface area contributed by atoms with Gasteiger partial charge in [-0.05, 0) is 48.7 Å². The first-order chi connectivity index (χ1) is 13.5. The van der Waals surface area contributed by atoms with Crippen LogP contribution in [0.1, 0.15) is 36.0 Å². The van der Waals surface area contributed by atoms with Gasteiger partial charge < -0.3 is 14.2 Å². The Bertz CT molecular complexity index is 840. The average Bonchev–Trinajstić information content (AvgIpc) is 2.68. The molecule has 148 valence electrons. The molecule has 1 heterocycles. The first kappa shape index (κ1) is 20.0. The van der Waals surface area contributed by atoms with Crippen LogP contribution in [-0.2, 0) is 17.3 Å². The number of benzene rings is 2. The molecule has 1 aliphatic heterocycles. The molecule has 0 radical (unpaired) electrons. The molecule has 0 amide bonds. The van der Waals surface area contributed by atoms with E-state index in [4.69, 9.17) is 19.5 Å². The number of halogens is 3. The lowest BCUT2D eigenvalue weighted by Crippen LogP contribution is -2.25. The second-order valence-corrected chi connectivity index (χ2v) is 6.48. The summed E-state index contributed by atoms with van der Waals surface area (Å²) in [5, 5.41) is 8.83. The molecular formula is C21H20F3NO3. The Balaban J connectivity index is 1.58. The monoisotopic (exact) mass is 391 g/mol. The molecule has 1 atom stereocenters. The van der Waals surface area contributed by atoms with E-state index in [-0.39, 0.29) is 18.6 Å². The maximum absolute atomic E-state index is 13.0. The number of hydrogen-bond donors (Lipinski definition) is 0. The van der Waals surface area contributed by atoms with Crippen LogP contribution in [0.15, 0.2) is 42.5 Å². The molecule has 0 aromatic heterocycles. The van der Waals surface area contributed by atoms with Crippen molar-refractivity contribution in [3.63, 3.8) is 0 Å². The van der Waals surface area contributed by atoms with Gasteiger partial charge in [0.2, 0.25) is 0 Å². The quantitative estimate of drug-likeness (QED) is 0.687. The zero-order valence-corrected chi connectivity index (χ0v) is 15.2. The van der Waals surface area contributed by atoms with E-state index in [9.17, 15) is 13.2 Å². The van der Waals surface area contributed by atoms with E-state index in [2.05, 4.69) is 0 Å². The van der Waals surface area contributed by atoms with Crippen LogP contribution in [0.25, 0.3) is 0 Å². The van der Waals surface area contributed by atoms with Gasteiger partial charge in [-0.25, -0.2) is 0 Å². The summed E-state index contributed by atoms with van der Waals surface area (Å²) in [4.78, 5) is 0. The lowest BCUT2D eigenvalue weighted by molar-refractivity contribution is -0.137. The van der Waals surface area contributed by atoms with Gasteiger partial charge in [0, 0.05) is 12.8 Å². The Morgan fingerprint density at radius 3 is 2.68 bits per heavy atom. The van der Waals surface area contributed by atoms with Crippen molar-refractivity contribution < 1.29 is 27.4 Å². The van der Waals surface area contributed by atoms with Gasteiger partial charge in [-0.1, -0.05) is 12.1 Å². The van der Waals surface area contributed by atoms with Crippen LogP contribution < -0.4 is 9.47 Å². The molecule has 2 aromatic carbocycles. The van der Waals surface area contributed by atoms with Crippen LogP contribution in [0.3, 0.4) is 0 Å². The Kier molecular flexibility index (Phi) is 6.42. The highest BCUT2D eigenvalue weighted by atomic mass is 19.4. The van der Waals surface area contributed by atoms with E-state index < -0.39 is 17.3 Å². The van der Waals surface area contributed by atoms with E-state index in [1.54, 1.807) is 6.07 Å². The van der Waals surface area contributed by atoms with Gasteiger partial charge in [-0.2, -0.15) is 18.4 Å². The summed E-state index contributed by atoms with van der Waals surface area (Å²) in [6.45, 7) is 0.898. The van der Waals surface area contributed by atoms with Gasteiger partial charge in [0.05, 0.1) is 30.4 Å². The highest BCUT2D eigenvalue weighted by molar-refractivity contribution is 5.44. The summed E-state index contributed by atoms with van der Waals surface area (Å²) in [6.07, 6.45) is -1.36. The zero-order chi connectivity index (χ0) is 20.0. The van der Waals surface area contributed by atoms with Crippen molar-refractivity contribution in [1.29, 1.82) is 5.26 Å². The number of nitriles is 1. The fourth-order valence-corrected chi connectivity index (χ4v) is 2.96. The molecule has 7 heteroatoms. The number of alkyl halides is 3. The van der Waals surface area contributed by atoms with Crippen molar-refractivity contribution in [3.8, 4) is 17.6 Å². The second-order valence-electron chi connectivity index (χ2n) is 6.48. The summed E-state index contributed by atoms with van der Waals surface area (Å²) in [6, 6.07) is 12.4. The third-order valence-electron chi connectivity index (χ3n) is 4.38. The van der Waals surface area contributed by atoms with Crippen molar-refractivity contribution in [2.45, 2.75) is 38.1 Å². The van der Waals surface area contributed by atoms with Gasteiger partial charge in [0.25, 0.3) is 0 Å². The van der Waals surface area contributed by atoms with E-state index >= 15 is 0 Å². The number of ether oxygens (including phenoxy) is 3. The minimum absolute atomic E-state index is 0.0781. The molecule has 0 bridgehead atoms. The topological polar surface area (TPSA) is 51.5 Å². The predicted octanol–water partition coefficient (Wildman–Crippen LogP) is 5.10. The summed E-state index contributed by atoms with van der Waals surface area (Å²) in [5.74, 6) is 0.775. The molecule has 28 heavy (non-hydrogen) atoms. The Hall–Kier alpha value is -2.72. The fourth-order valence-electron chi connectivity index (χ4n) is 2.96. The van der Waals surface area contributed by atoms with Crippen LogP contribution in [0.5, 0.6) is 11.5 Å². The van der Waals surface area contributed by atoms with Gasteiger partial charge in [-0.15, -0.1) is 0 Å². The maximum Gasteiger partial charge on any atom is 0.417 e. The SMILES string of the molecule is N#Cc1ccc(OCCc2cccc(OC3CCCCO3)c2)cc1C(F)(F)F. The second kappa shape index (κ2) is 8.98. The molecule has 0 spiro atoms. The van der Waals surface area contributed by atoms with Crippen LogP contribution in [0.2, 0.25) is 0 Å². The third-order valence-corrected chi connectivity index (χ3v) is 4.38. The van der Waals surface area contributed by atoms with Gasteiger partial charge in [-0.3, -0.25) is 0 Å². The van der Waals surface area contributed by atoms with Crippen molar-refractivity contribution in [2.75, 3.05) is 13.2 Å². The first-order valence-electron chi connectivity index (χ1n) is 9.07. The van der Waals surface area contributed by atoms with Crippen LogP contribution in [0, 0.1) is 11.3 Å². The molecule has 1 fully saturated rings. The minimum atomic E-state index is -4.60. The molecule has 0 saturated carbocycles. The first-order valence-corrected chi connectivity index (χ1v) is 9.07. The van der Waals surface area contributed by atoms with E-state index in [0.29, 0.717) is 18.8 Å². The predicted molar refractivity (Wildman–Crippen MR) is 96.0 cm³/mol. The molecule has 3 rings (SSSR count). The summed E-state index contributed by atoms with van der Waals surface area (Å²) >= 11 is 0. The number of nitrogens with zero attached hydrogens (tertiary/aromatic N) is 1. The van der Waals surface area contributed by atoms with Gasteiger partial charge in [0.1, 0.15) is 11.5 Å². The Morgan fingerprint density at radius 1 is 1.11 bits per heavy atom. The molecule has 1 saturated heterocycles. The zero-order valence-electron chi connectivity index (χ0n) is 15.2. The summed E-state index contributed by atoms with van der Waals surface area (Å²) in [5.41, 5.74) is -0.469. The molecule has 2 aromatic rings. The van der Waals surface area contributed by atoms with Gasteiger partial charge >= 0.3 is 6.18 Å². The minimum Gasteiger partial charge on any atom is -0.493 e. The van der Waals surface area contributed by atoms with Crippen molar-refractivity contribution in [3.05, 3.63) is 59.2 Å². The van der Waals surface area contributed by atoms with Crippen LogP contribution in [0.4, 0.5) is 13.2 Å². The van der Waals surface area contributed by atoms with Gasteiger partial charge in [0.15, 0.2) is 6.29 Å². The van der Waals surface area contributed by atoms with E-state index in [0.717, 1.165) is 37.0 Å². The lowest BCUT2D eigenvalue weighted by Gasteiger charge is -2.23. The smallest absolute Gasteiger partial charge is 0.417 e. The van der Waals surface area contributed by atoms with Crippen LogP contribution >= 0.6 is 0 Å². The largest absolute Gasteiger partial charge is 0.493 e. The fraction of sp³-hybridized carbons (Fsp3) is 0.381. The third kappa shape index (κ3) is 5.40. The standard InChI is InChI=1S/C21H20F3NO3/c22-21(23,24)19-13-17(8-7-16(19)14-25)26-11-9-15-4-3-5-18(12-15)28-20-6-1-2-10-27-20/h3-5,7-8,12-13,20H,1-2,6,9-11H2. The Labute approximate surface area is 161 Å². The molecule has 0 aliphatic carbocycles. The molecular weight excluding hydrogens is 371 g/mol. The Morgan fingerprint density at radius 2 is 1.96 bits per heavy atom. The molecule has 1 unspecified atom stereocenters. The highest BCUT2D eigenvalue weighted by Crippen LogP contribution is 2.34. The van der Waals surface area contributed by atoms with E-state index in [1.165, 1.54) is 6.07 Å². The average molecular weight is 391 g/mol. The maximum atomic E-state index is 13.0. The summed E-state index contributed by atoms with van der Waals surface area (Å²) in [7, 11) is 0. The van der Waals surface area contributed by atoms with Crippen molar-refractivity contribution >= 4 is 0 Å². The lowest BCUT2D eigenvalue weighted by atomic mass is 10.1. The van der Waals surface area contributed by atoms with E-state index in [1.807, 2.05) is 24.3 Å².